The molecule has 0 radical (unpaired) electrons. The first-order valence-electron chi connectivity index (χ1n) is 44.6. The lowest BCUT2D eigenvalue weighted by Gasteiger charge is -2.44. The smallest absolute Gasteiger partial charge is 0.119 e. The minimum Gasteiger partial charge on any atom is -0.508 e. The van der Waals surface area contributed by atoms with Crippen molar-refractivity contribution in [3.05, 3.63) is 157 Å². The molecule has 5 atom stereocenters. The predicted molar refractivity (Wildman–Crippen MR) is 489 cm³/mol. The van der Waals surface area contributed by atoms with Crippen LogP contribution in [0.2, 0.25) is 54.6 Å². The Labute approximate surface area is 677 Å². The minimum absolute atomic E-state index is 0.00694. The molecule has 0 aliphatic carbocycles. The van der Waals surface area contributed by atoms with Gasteiger partial charge in [0.1, 0.15) is 67.7 Å². The Kier molecular flexibility index (Phi) is 68.2. The zero-order chi connectivity index (χ0) is 82.2. The van der Waals surface area contributed by atoms with E-state index in [1.165, 1.54) is 161 Å². The van der Waals surface area contributed by atoms with Gasteiger partial charge in [0.25, 0.3) is 0 Å². The van der Waals surface area contributed by atoms with Crippen molar-refractivity contribution in [3.63, 3.8) is 0 Å². The summed E-state index contributed by atoms with van der Waals surface area (Å²) in [7, 11) is 0. The molecule has 15 aliphatic heterocycles. The maximum atomic E-state index is 9.36. The second kappa shape index (κ2) is 70.0. The molecule has 109 heavy (non-hydrogen) atoms. The molecule has 15 heteroatoms. The number of ether oxygens (including phenoxy) is 3. The van der Waals surface area contributed by atoms with Crippen molar-refractivity contribution in [2.24, 2.45) is 29.6 Å². The third-order valence-corrected chi connectivity index (χ3v) is 20.5. The maximum absolute atomic E-state index is 9.36. The van der Waals surface area contributed by atoms with Crippen LogP contribution < -0.4 is 14.2 Å². The number of fused-ring (bicyclic) bond motifs is 15. The summed E-state index contributed by atoms with van der Waals surface area (Å²) in [6.45, 7) is 74.2. The SMILES string of the molecule is CB(C)B(C)C.CB(C)B(C)C.CC.CC.CC.CC.CCC.CCC.CCC.CCC.Cc1ccccc1.O[C@@H]1CN2CCC1CC2.O[C@H]1CN2CCC1CC2.Oc1ccccc1.c1ccc(O[C@H]2CN3CCC2CC3)cc1.c1ccc(O[C@H]2CN3CCC2CC3)cc1.c1ccc(O[C@H]2CN3CCC2CC3)cc1. The number of benzene rings is 5. The van der Waals surface area contributed by atoms with Crippen LogP contribution >= 0.6 is 0 Å². The van der Waals surface area contributed by atoms with E-state index in [9.17, 15) is 10.2 Å². The zero-order valence-electron chi connectivity index (χ0n) is 75.3. The Balaban J connectivity index is 0. The number of para-hydroxylation sites is 4. The highest BCUT2D eigenvalue weighted by molar-refractivity contribution is 7.20. The zero-order valence-corrected chi connectivity index (χ0v) is 75.3. The van der Waals surface area contributed by atoms with Gasteiger partial charge in [-0.25, -0.2) is 0 Å². The van der Waals surface area contributed by atoms with Gasteiger partial charge in [0.2, 0.25) is 0 Å². The highest BCUT2D eigenvalue weighted by atomic mass is 16.5. The van der Waals surface area contributed by atoms with Crippen molar-refractivity contribution in [3.8, 4) is 23.0 Å². The second-order valence-corrected chi connectivity index (χ2v) is 31.0. The number of nitrogens with zero attached hydrogens (tertiary/aromatic N) is 5. The standard InChI is InChI=1S/3C13H17NO.2C7H13NO.C7H8.C6H6O.2C4H12B2.4C3H8.4C2H6/c3*1-2-4-12(5-3-1)15-13-10-14-8-6-11(13)7-9-14;2*9-7-5-8-3-1-6(7)2-4-8;1-7-5-3-2-4-6-7;7-6-4-2-1-3-5-6;2*1-5(2)6(3)4;4*1-3-2;4*1-2/h3*1-5,11,13H,6-10H2;2*6-7,9H,1-5H2;2-6H,1H3;1-5,7H;2*1-4H3;4*3H2,1-2H3;4*1-2H3/t3*13-;2*7-;;;;;;;;;;;;/m00010............/s1. The molecule has 0 amide bonds. The molecule has 620 valence electrons. The molecule has 15 saturated heterocycles. The number of aryl methyl sites for hydroxylation is 1. The summed E-state index contributed by atoms with van der Waals surface area (Å²) >= 11 is 0. The molecule has 10 bridgehead atoms. The number of phenolic OH excluding ortho intramolecular Hbond substituents is 1. The normalized spacial score (nSPS) is 25.1. The molecule has 3 N–H and O–H groups in total. The van der Waals surface area contributed by atoms with Gasteiger partial charge in [-0.3, -0.25) is 14.7 Å². The van der Waals surface area contributed by atoms with Crippen molar-refractivity contribution in [1.82, 2.24) is 24.5 Å². The molecule has 0 saturated carbocycles. The van der Waals surface area contributed by atoms with Crippen LogP contribution in [0.1, 0.15) is 206 Å². The summed E-state index contributed by atoms with van der Waals surface area (Å²) in [6, 6.07) is 49.6. The van der Waals surface area contributed by atoms with Gasteiger partial charge in [-0.15, -0.1) is 0 Å². The summed E-state index contributed by atoms with van der Waals surface area (Å²) in [4.78, 5) is 12.3. The molecule has 15 fully saturated rings. The Morgan fingerprint density at radius 1 is 0.284 bits per heavy atom. The summed E-state index contributed by atoms with van der Waals surface area (Å²) in [5.41, 5.74) is 1.32. The van der Waals surface area contributed by atoms with Crippen molar-refractivity contribution in [1.29, 1.82) is 0 Å². The summed E-state index contributed by atoms with van der Waals surface area (Å²) < 4.78 is 18.1. The monoisotopic (exact) mass is 1510 g/mol. The van der Waals surface area contributed by atoms with Gasteiger partial charge in [-0.05, 0) is 215 Å². The number of phenols is 1. The average Bonchev–Trinajstić information content (AvgIpc) is 0.841. The number of rotatable bonds is 8. The van der Waals surface area contributed by atoms with Crippen LogP contribution in [0.25, 0.3) is 0 Å². The average molecular weight is 1510 g/mol. The van der Waals surface area contributed by atoms with E-state index in [1.807, 2.05) is 134 Å². The van der Waals surface area contributed by atoms with E-state index >= 15 is 0 Å². The molecule has 20 rings (SSSR count). The van der Waals surface area contributed by atoms with Crippen LogP contribution in [0.3, 0.4) is 0 Å². The molecule has 15 heterocycles. The summed E-state index contributed by atoms with van der Waals surface area (Å²) in [5.74, 6) is 7.02. The van der Waals surface area contributed by atoms with Crippen LogP contribution in [0.4, 0.5) is 0 Å². The first-order chi connectivity index (χ1) is 52.7. The first-order valence-corrected chi connectivity index (χ1v) is 44.6. The van der Waals surface area contributed by atoms with Crippen molar-refractivity contribution < 1.29 is 29.5 Å². The van der Waals surface area contributed by atoms with E-state index in [2.05, 4.69) is 190 Å². The van der Waals surface area contributed by atoms with E-state index in [0.717, 1.165) is 94.1 Å². The first kappa shape index (κ1) is 106. The van der Waals surface area contributed by atoms with Crippen molar-refractivity contribution >= 4 is 26.4 Å². The molecule has 5 aromatic carbocycles. The van der Waals surface area contributed by atoms with E-state index in [1.54, 1.807) is 24.3 Å². The van der Waals surface area contributed by atoms with Crippen molar-refractivity contribution in [2.75, 3.05) is 98.2 Å². The van der Waals surface area contributed by atoms with Gasteiger partial charge in [-0.1, -0.05) is 300 Å². The number of aliphatic hydroxyl groups excluding tert-OH is 2. The van der Waals surface area contributed by atoms with Gasteiger partial charge in [0.15, 0.2) is 0 Å². The van der Waals surface area contributed by atoms with Crippen LogP contribution in [0.5, 0.6) is 23.0 Å². The number of aliphatic hydroxyl groups is 2. The van der Waals surface area contributed by atoms with E-state index < -0.39 is 0 Å². The molecule has 0 unspecified atom stereocenters. The Bertz CT molecular complexity index is 2380. The number of hydrogen-bond acceptors (Lipinski definition) is 11. The van der Waals surface area contributed by atoms with Gasteiger partial charge < -0.3 is 39.3 Å². The fourth-order valence-corrected chi connectivity index (χ4v) is 13.0. The van der Waals surface area contributed by atoms with Gasteiger partial charge in [0, 0.05) is 32.7 Å². The Hall–Kier alpha value is -4.72. The lowest BCUT2D eigenvalue weighted by atomic mass is 9.12. The molecular formula is C94H171B4N5O6. The van der Waals surface area contributed by atoms with E-state index in [-0.39, 0.29) is 12.2 Å². The number of piperidine rings is 15. The molecular weight excluding hydrogens is 1340 g/mol. The highest BCUT2D eigenvalue weighted by Crippen LogP contribution is 2.34. The molecule has 0 spiro atoms. The lowest BCUT2D eigenvalue weighted by molar-refractivity contribution is -0.0228. The Morgan fingerprint density at radius 3 is 0.569 bits per heavy atom. The molecule has 15 aliphatic rings. The summed E-state index contributed by atoms with van der Waals surface area (Å²) in [5, 5.41) is 27.3. The van der Waals surface area contributed by atoms with Gasteiger partial charge in [0.05, 0.1) is 12.2 Å². The van der Waals surface area contributed by atoms with Crippen LogP contribution in [-0.2, 0) is 0 Å². The fourth-order valence-electron chi connectivity index (χ4n) is 13.0. The van der Waals surface area contributed by atoms with Crippen LogP contribution in [-0.4, -0.2) is 195 Å². The highest BCUT2D eigenvalue weighted by Gasteiger charge is 2.38. The molecule has 11 nitrogen and oxygen atoms in total. The number of aromatic hydroxyl groups is 1. The van der Waals surface area contributed by atoms with Crippen molar-refractivity contribution in [2.45, 2.75) is 293 Å². The molecule has 0 aromatic heterocycles. The second-order valence-electron chi connectivity index (χ2n) is 31.0. The predicted octanol–water partition coefficient (Wildman–Crippen LogP) is 22.9. The maximum Gasteiger partial charge on any atom is 0.119 e. The quantitative estimate of drug-likeness (QED) is 0.129. The van der Waals surface area contributed by atoms with E-state index in [0.29, 0.717) is 35.9 Å². The largest absolute Gasteiger partial charge is 0.508 e. The van der Waals surface area contributed by atoms with Gasteiger partial charge >= 0.3 is 0 Å². The lowest BCUT2D eigenvalue weighted by Crippen LogP contribution is -2.52. The van der Waals surface area contributed by atoms with Crippen LogP contribution in [0, 0.1) is 36.5 Å². The number of hydrogen-bond donors (Lipinski definition) is 3. The third kappa shape index (κ3) is 50.2. The topological polar surface area (TPSA) is 105 Å². The van der Waals surface area contributed by atoms with Gasteiger partial charge in [-0.2, -0.15) is 0 Å². The summed E-state index contributed by atoms with van der Waals surface area (Å²) in [6.07, 6.45) is 19.1. The van der Waals surface area contributed by atoms with Crippen LogP contribution in [0.15, 0.2) is 152 Å². The Morgan fingerprint density at radius 2 is 0.459 bits per heavy atom. The third-order valence-electron chi connectivity index (χ3n) is 20.5. The fraction of sp³-hybridized carbons (Fsp3) is 0.681. The minimum atomic E-state index is -0.00694. The molecule has 5 aromatic rings. The van der Waals surface area contributed by atoms with E-state index in [4.69, 9.17) is 19.3 Å².